The summed E-state index contributed by atoms with van der Waals surface area (Å²) in [6.45, 7) is 3.55. The third-order valence-electron chi connectivity index (χ3n) is 0.674. The molecule has 0 unspecified atom stereocenters. The first-order chi connectivity index (χ1) is 3.68. The Morgan fingerprint density at radius 1 is 1.40 bits per heavy atom. The van der Waals surface area contributed by atoms with Crippen molar-refractivity contribution in [2.45, 2.75) is 13.8 Å². The minimum absolute atomic E-state index is 0. The molecule has 0 atom stereocenters. The van der Waals surface area contributed by atoms with Crippen molar-refractivity contribution in [3.8, 4) is 0 Å². The molecule has 0 aromatic heterocycles. The Balaban J connectivity index is -0.000000245. The van der Waals surface area contributed by atoms with E-state index in [9.17, 15) is 4.79 Å². The Bertz CT molecular complexity index is 87.7. The van der Waals surface area contributed by atoms with Crippen LogP contribution in [0.2, 0.25) is 0 Å². The SMILES string of the molecule is CNOC(=O)C(C)C.[KH].[KH]. The molecule has 0 heterocycles. The zero-order valence-electron chi connectivity index (χ0n) is 5.39. The van der Waals surface area contributed by atoms with E-state index in [4.69, 9.17) is 0 Å². The maximum absolute atomic E-state index is 10.5. The second kappa shape index (κ2) is 11.7. The van der Waals surface area contributed by atoms with Gasteiger partial charge in [0.25, 0.3) is 0 Å². The van der Waals surface area contributed by atoms with Crippen molar-refractivity contribution in [3.63, 3.8) is 0 Å². The first kappa shape index (κ1) is 18.5. The van der Waals surface area contributed by atoms with Gasteiger partial charge in [0.15, 0.2) is 0 Å². The van der Waals surface area contributed by atoms with Crippen LogP contribution in [-0.2, 0) is 9.63 Å². The van der Waals surface area contributed by atoms with Gasteiger partial charge in [-0.25, -0.2) is 0 Å². The van der Waals surface area contributed by atoms with E-state index in [1.807, 2.05) is 0 Å². The van der Waals surface area contributed by atoms with Gasteiger partial charge in [-0.05, 0) is 0 Å². The van der Waals surface area contributed by atoms with Crippen molar-refractivity contribution in [2.24, 2.45) is 5.92 Å². The van der Waals surface area contributed by atoms with Crippen LogP contribution in [0.4, 0.5) is 0 Å². The Labute approximate surface area is 147 Å². The molecule has 0 radical (unpaired) electrons. The van der Waals surface area contributed by atoms with E-state index in [2.05, 4.69) is 10.3 Å². The second-order valence-electron chi connectivity index (χ2n) is 1.78. The van der Waals surface area contributed by atoms with Crippen LogP contribution in [0.5, 0.6) is 0 Å². The summed E-state index contributed by atoms with van der Waals surface area (Å²) in [5.41, 5.74) is 2.30. The topological polar surface area (TPSA) is 38.3 Å². The molecular weight excluding hydrogens is 184 g/mol. The van der Waals surface area contributed by atoms with Crippen molar-refractivity contribution in [1.29, 1.82) is 0 Å². The zero-order chi connectivity index (χ0) is 6.57. The van der Waals surface area contributed by atoms with E-state index in [1.165, 1.54) is 0 Å². The third kappa shape index (κ3) is 10.7. The van der Waals surface area contributed by atoms with Gasteiger partial charge in [-0.2, -0.15) is 5.48 Å². The predicted octanol–water partition coefficient (Wildman–Crippen LogP) is -0.977. The average Bonchev–Trinajstić information content (AvgIpc) is 1.67. The molecule has 10 heavy (non-hydrogen) atoms. The fourth-order valence-corrected chi connectivity index (χ4v) is 0.218. The first-order valence-corrected chi connectivity index (χ1v) is 2.56. The predicted molar refractivity (Wildman–Crippen MR) is 44.3 cm³/mol. The standard InChI is InChI=1S/C5H11NO2.2K.2H/c1-4(2)5(7)8-6-3;;;;/h4,6H,1-3H3;;;;. The Morgan fingerprint density at radius 3 is 1.90 bits per heavy atom. The number of carbonyl (C=O) groups excluding carboxylic acids is 1. The Kier molecular flexibility index (Phi) is 21.6. The fourth-order valence-electron chi connectivity index (χ4n) is 0.218. The molecular formula is C5H13K2NO2. The zero-order valence-corrected chi connectivity index (χ0v) is 5.39. The molecule has 1 N–H and O–H groups in total. The number of rotatable bonds is 2. The van der Waals surface area contributed by atoms with Gasteiger partial charge in [0.1, 0.15) is 0 Å². The summed E-state index contributed by atoms with van der Waals surface area (Å²) in [5.74, 6) is -0.282. The molecule has 0 fully saturated rings. The van der Waals surface area contributed by atoms with Gasteiger partial charge >= 0.3 is 109 Å². The van der Waals surface area contributed by atoms with Crippen LogP contribution in [0, 0.1) is 5.92 Å². The molecule has 0 aliphatic carbocycles. The van der Waals surface area contributed by atoms with Gasteiger partial charge < -0.3 is 4.84 Å². The van der Waals surface area contributed by atoms with Gasteiger partial charge in [-0.15, -0.1) is 0 Å². The van der Waals surface area contributed by atoms with Gasteiger partial charge in [0, 0.05) is 7.05 Å². The molecule has 0 bridgehead atoms. The average molecular weight is 197 g/mol. The van der Waals surface area contributed by atoms with E-state index >= 15 is 0 Å². The van der Waals surface area contributed by atoms with E-state index < -0.39 is 0 Å². The van der Waals surface area contributed by atoms with E-state index in [-0.39, 0.29) is 115 Å². The van der Waals surface area contributed by atoms with Gasteiger partial charge in [0.2, 0.25) is 0 Å². The molecule has 0 saturated heterocycles. The molecule has 5 heteroatoms. The molecule has 0 spiro atoms. The van der Waals surface area contributed by atoms with Gasteiger partial charge in [0.05, 0.1) is 5.92 Å². The summed E-state index contributed by atoms with van der Waals surface area (Å²) in [5, 5.41) is 0. The van der Waals surface area contributed by atoms with Crippen molar-refractivity contribution in [3.05, 3.63) is 0 Å². The molecule has 0 rings (SSSR count). The second-order valence-corrected chi connectivity index (χ2v) is 1.78. The quantitative estimate of drug-likeness (QED) is 0.457. The third-order valence-corrected chi connectivity index (χ3v) is 0.674. The van der Waals surface area contributed by atoms with Crippen molar-refractivity contribution in [2.75, 3.05) is 7.05 Å². The summed E-state index contributed by atoms with van der Waals surface area (Å²) in [7, 11) is 1.56. The molecule has 0 aliphatic rings. The monoisotopic (exact) mass is 197 g/mol. The van der Waals surface area contributed by atoms with E-state index in [0.717, 1.165) is 0 Å². The van der Waals surface area contributed by atoms with Crippen LogP contribution >= 0.6 is 0 Å². The number of hydrogen-bond acceptors (Lipinski definition) is 3. The minimum atomic E-state index is -0.229. The van der Waals surface area contributed by atoms with Crippen molar-refractivity contribution in [1.82, 2.24) is 5.48 Å². The normalized spacial score (nSPS) is 7.60. The molecule has 0 aromatic rings. The number of hydroxylamine groups is 1. The van der Waals surface area contributed by atoms with E-state index in [1.54, 1.807) is 20.9 Å². The summed E-state index contributed by atoms with van der Waals surface area (Å²) in [4.78, 5) is 14.9. The molecule has 0 saturated carbocycles. The fraction of sp³-hybridized carbons (Fsp3) is 0.800. The molecule has 0 aliphatic heterocycles. The van der Waals surface area contributed by atoms with Crippen LogP contribution in [-0.4, -0.2) is 116 Å². The molecule has 52 valence electrons. The summed E-state index contributed by atoms with van der Waals surface area (Å²) >= 11 is 0. The Hall–Kier alpha value is 2.70. The summed E-state index contributed by atoms with van der Waals surface area (Å²) in [6, 6.07) is 0. The number of nitrogens with one attached hydrogen (secondary N) is 1. The Morgan fingerprint density at radius 2 is 1.80 bits per heavy atom. The van der Waals surface area contributed by atoms with Crippen molar-refractivity contribution >= 4 is 109 Å². The maximum atomic E-state index is 10.5. The molecule has 3 nitrogen and oxygen atoms in total. The van der Waals surface area contributed by atoms with Crippen molar-refractivity contribution < 1.29 is 9.63 Å². The molecule has 0 aromatic carbocycles. The van der Waals surface area contributed by atoms with Gasteiger partial charge in [-0.1, -0.05) is 13.8 Å². The summed E-state index contributed by atoms with van der Waals surface area (Å²) in [6.07, 6.45) is 0. The number of hydrogen-bond donors (Lipinski definition) is 1. The molecule has 0 amide bonds. The summed E-state index contributed by atoms with van der Waals surface area (Å²) < 4.78 is 0. The van der Waals surface area contributed by atoms with Crippen LogP contribution in [0.25, 0.3) is 0 Å². The van der Waals surface area contributed by atoms with Crippen LogP contribution in [0.3, 0.4) is 0 Å². The van der Waals surface area contributed by atoms with Crippen LogP contribution < -0.4 is 5.48 Å². The number of carbonyl (C=O) groups is 1. The van der Waals surface area contributed by atoms with Gasteiger partial charge in [-0.3, -0.25) is 4.79 Å². The van der Waals surface area contributed by atoms with E-state index in [0.29, 0.717) is 0 Å². The van der Waals surface area contributed by atoms with Crippen LogP contribution in [0.15, 0.2) is 0 Å². The van der Waals surface area contributed by atoms with Crippen LogP contribution in [0.1, 0.15) is 13.8 Å². The first-order valence-electron chi connectivity index (χ1n) is 2.56.